The molecule has 0 aromatic carbocycles. The zero-order chi connectivity index (χ0) is 12.6. The number of carbonyl (C=O) groups excluding carboxylic acids is 1. The van der Waals surface area contributed by atoms with E-state index in [1.54, 1.807) is 22.9 Å². The van der Waals surface area contributed by atoms with Gasteiger partial charge in [-0.3, -0.25) is 0 Å². The molecule has 0 unspecified atom stereocenters. The molecule has 92 valence electrons. The van der Waals surface area contributed by atoms with Gasteiger partial charge in [-0.25, -0.2) is 9.59 Å². The molecule has 0 radical (unpaired) electrons. The van der Waals surface area contributed by atoms with Crippen LogP contribution in [0.15, 0.2) is 6.07 Å². The van der Waals surface area contributed by atoms with Crippen LogP contribution in [0.3, 0.4) is 0 Å². The number of likely N-dealkylation sites (N-methyl/N-ethyl adjacent to an activating group) is 1. The van der Waals surface area contributed by atoms with Crippen molar-refractivity contribution in [3.8, 4) is 0 Å². The molecule has 0 spiro atoms. The van der Waals surface area contributed by atoms with Gasteiger partial charge in [0.2, 0.25) is 0 Å². The summed E-state index contributed by atoms with van der Waals surface area (Å²) in [6.45, 7) is 3.82. The number of hydrogen-bond donors (Lipinski definition) is 1. The van der Waals surface area contributed by atoms with E-state index >= 15 is 0 Å². The fourth-order valence-electron chi connectivity index (χ4n) is 1.84. The lowest BCUT2D eigenvalue weighted by atomic mass is 10.2. The molecule has 17 heavy (non-hydrogen) atoms. The molecule has 0 aliphatic carbocycles. The minimum absolute atomic E-state index is 0.00692. The van der Waals surface area contributed by atoms with Gasteiger partial charge in [-0.1, -0.05) is 0 Å². The Balaban J connectivity index is 2.14. The summed E-state index contributed by atoms with van der Waals surface area (Å²) in [5, 5.41) is 8.90. The van der Waals surface area contributed by atoms with Crippen molar-refractivity contribution in [1.29, 1.82) is 0 Å². The smallest absolute Gasteiger partial charge is 0.345 e. The third-order valence-electron chi connectivity index (χ3n) is 2.89. The quantitative estimate of drug-likeness (QED) is 0.891. The Kier molecular flexibility index (Phi) is 3.06. The lowest BCUT2D eigenvalue weighted by Crippen LogP contribution is -2.28. The van der Waals surface area contributed by atoms with Crippen molar-refractivity contribution in [3.63, 3.8) is 0 Å². The number of amides is 2. The second-order valence-corrected chi connectivity index (χ2v) is 5.38. The highest BCUT2D eigenvalue weighted by molar-refractivity contribution is 7.14. The number of aryl methyl sites for hydroxylation is 1. The first kappa shape index (κ1) is 11.9. The van der Waals surface area contributed by atoms with Crippen LogP contribution in [0.25, 0.3) is 0 Å². The molecule has 2 amide bonds. The second-order valence-electron chi connectivity index (χ2n) is 4.12. The van der Waals surface area contributed by atoms with Gasteiger partial charge in [-0.15, -0.1) is 11.3 Å². The van der Waals surface area contributed by atoms with E-state index in [0.717, 1.165) is 17.0 Å². The molecule has 1 aromatic heterocycles. The van der Waals surface area contributed by atoms with Crippen LogP contribution in [0.5, 0.6) is 0 Å². The SMILES string of the molecule is Cc1sc(C(=O)O)cc1CN1CCN(C)C1=O. The number of rotatable bonds is 3. The summed E-state index contributed by atoms with van der Waals surface area (Å²) in [5.74, 6) is -0.908. The Bertz CT molecular complexity index is 469. The zero-order valence-corrected chi connectivity index (χ0v) is 10.6. The number of carboxylic acid groups (broad SMARTS) is 1. The van der Waals surface area contributed by atoms with Crippen LogP contribution in [-0.4, -0.2) is 47.0 Å². The van der Waals surface area contributed by atoms with Gasteiger partial charge in [0, 0.05) is 31.6 Å². The largest absolute Gasteiger partial charge is 0.477 e. The maximum absolute atomic E-state index is 11.7. The highest BCUT2D eigenvalue weighted by Gasteiger charge is 2.26. The Morgan fingerprint density at radius 2 is 2.24 bits per heavy atom. The molecule has 0 bridgehead atoms. The summed E-state index contributed by atoms with van der Waals surface area (Å²) in [7, 11) is 1.77. The van der Waals surface area contributed by atoms with Gasteiger partial charge in [0.25, 0.3) is 0 Å². The molecule has 1 aromatic rings. The van der Waals surface area contributed by atoms with Gasteiger partial charge in [-0.05, 0) is 18.6 Å². The Labute approximate surface area is 103 Å². The zero-order valence-electron chi connectivity index (χ0n) is 9.77. The molecular formula is C11H14N2O3S. The summed E-state index contributed by atoms with van der Waals surface area (Å²) in [6.07, 6.45) is 0. The van der Waals surface area contributed by atoms with Crippen molar-refractivity contribution < 1.29 is 14.7 Å². The fraction of sp³-hybridized carbons (Fsp3) is 0.455. The van der Waals surface area contributed by atoms with Gasteiger partial charge in [0.05, 0.1) is 0 Å². The maximum Gasteiger partial charge on any atom is 0.345 e. The summed E-state index contributed by atoms with van der Waals surface area (Å²) < 4.78 is 0. The predicted octanol–water partition coefficient (Wildman–Crippen LogP) is 1.62. The molecule has 1 aliphatic heterocycles. The van der Waals surface area contributed by atoms with E-state index in [1.165, 1.54) is 11.3 Å². The molecule has 1 saturated heterocycles. The number of hydrogen-bond acceptors (Lipinski definition) is 3. The minimum atomic E-state index is -0.908. The van der Waals surface area contributed by atoms with Crippen molar-refractivity contribution >= 4 is 23.3 Å². The van der Waals surface area contributed by atoms with Crippen LogP contribution in [0.2, 0.25) is 0 Å². The molecule has 1 aliphatic rings. The number of aromatic carboxylic acids is 1. The predicted molar refractivity (Wildman–Crippen MR) is 64.5 cm³/mol. The molecule has 2 rings (SSSR count). The fourth-order valence-corrected chi connectivity index (χ4v) is 2.71. The third-order valence-corrected chi connectivity index (χ3v) is 3.98. The summed E-state index contributed by atoms with van der Waals surface area (Å²) in [4.78, 5) is 27.2. The Morgan fingerprint density at radius 3 is 2.71 bits per heavy atom. The van der Waals surface area contributed by atoms with Crippen molar-refractivity contribution in [2.45, 2.75) is 13.5 Å². The van der Waals surface area contributed by atoms with E-state index in [2.05, 4.69) is 0 Å². The van der Waals surface area contributed by atoms with Gasteiger partial charge in [0.15, 0.2) is 0 Å². The normalized spacial score (nSPS) is 15.8. The van der Waals surface area contributed by atoms with Crippen LogP contribution in [0.1, 0.15) is 20.1 Å². The molecular weight excluding hydrogens is 240 g/mol. The standard InChI is InChI=1S/C11H14N2O3S/c1-7-8(5-9(17-7)10(14)15)6-13-4-3-12(2)11(13)16/h5H,3-4,6H2,1-2H3,(H,14,15). The van der Waals surface area contributed by atoms with E-state index < -0.39 is 5.97 Å². The van der Waals surface area contributed by atoms with E-state index in [-0.39, 0.29) is 6.03 Å². The Hall–Kier alpha value is -1.56. The van der Waals surface area contributed by atoms with Crippen molar-refractivity contribution in [2.24, 2.45) is 0 Å². The average Bonchev–Trinajstić information content (AvgIpc) is 2.77. The molecule has 2 heterocycles. The minimum Gasteiger partial charge on any atom is -0.477 e. The molecule has 5 nitrogen and oxygen atoms in total. The highest BCUT2D eigenvalue weighted by atomic mass is 32.1. The van der Waals surface area contributed by atoms with Gasteiger partial charge in [-0.2, -0.15) is 0 Å². The van der Waals surface area contributed by atoms with Crippen LogP contribution in [0, 0.1) is 6.92 Å². The number of carbonyl (C=O) groups is 2. The number of urea groups is 1. The van der Waals surface area contributed by atoms with Crippen molar-refractivity contribution in [2.75, 3.05) is 20.1 Å². The van der Waals surface area contributed by atoms with Crippen LogP contribution in [-0.2, 0) is 6.54 Å². The number of thiophene rings is 1. The van der Waals surface area contributed by atoms with E-state index in [0.29, 0.717) is 18.0 Å². The summed E-state index contributed by atoms with van der Waals surface area (Å²) in [6, 6.07) is 1.67. The van der Waals surface area contributed by atoms with Gasteiger partial charge in [0.1, 0.15) is 4.88 Å². The molecule has 1 N–H and O–H groups in total. The molecule has 0 saturated carbocycles. The topological polar surface area (TPSA) is 60.9 Å². The van der Waals surface area contributed by atoms with Crippen molar-refractivity contribution in [1.82, 2.24) is 9.80 Å². The lowest BCUT2D eigenvalue weighted by molar-refractivity contribution is 0.0702. The van der Waals surface area contributed by atoms with Crippen molar-refractivity contribution in [3.05, 3.63) is 21.4 Å². The molecule has 1 fully saturated rings. The van der Waals surface area contributed by atoms with Crippen LogP contribution in [0.4, 0.5) is 4.79 Å². The van der Waals surface area contributed by atoms with Crippen LogP contribution >= 0.6 is 11.3 Å². The Morgan fingerprint density at radius 1 is 1.53 bits per heavy atom. The van der Waals surface area contributed by atoms with E-state index in [1.807, 2.05) is 6.92 Å². The maximum atomic E-state index is 11.7. The first-order valence-corrected chi connectivity index (χ1v) is 6.13. The lowest BCUT2D eigenvalue weighted by Gasteiger charge is -2.15. The molecule has 6 heteroatoms. The first-order valence-electron chi connectivity index (χ1n) is 5.31. The number of nitrogens with zero attached hydrogens (tertiary/aromatic N) is 2. The summed E-state index contributed by atoms with van der Waals surface area (Å²) in [5.41, 5.74) is 0.927. The van der Waals surface area contributed by atoms with E-state index in [4.69, 9.17) is 5.11 Å². The highest BCUT2D eigenvalue weighted by Crippen LogP contribution is 2.24. The van der Waals surface area contributed by atoms with Gasteiger partial charge < -0.3 is 14.9 Å². The summed E-state index contributed by atoms with van der Waals surface area (Å²) >= 11 is 1.26. The third kappa shape index (κ3) is 2.26. The first-order chi connectivity index (χ1) is 7.99. The van der Waals surface area contributed by atoms with E-state index in [9.17, 15) is 9.59 Å². The second kappa shape index (κ2) is 4.37. The van der Waals surface area contributed by atoms with Gasteiger partial charge >= 0.3 is 12.0 Å². The average molecular weight is 254 g/mol. The molecule has 0 atom stereocenters. The van der Waals surface area contributed by atoms with Crippen LogP contribution < -0.4 is 0 Å². The number of carboxylic acids is 1. The monoisotopic (exact) mass is 254 g/mol.